The maximum absolute atomic E-state index is 10.8. The highest BCUT2D eigenvalue weighted by Gasteiger charge is 2.18. The van der Waals surface area contributed by atoms with Gasteiger partial charge in [0, 0.05) is 0 Å². The summed E-state index contributed by atoms with van der Waals surface area (Å²) in [5, 5.41) is 0. The second-order valence-electron chi connectivity index (χ2n) is 2.07. The second kappa shape index (κ2) is 8.02. The third-order valence-corrected chi connectivity index (χ3v) is 2.14. The van der Waals surface area contributed by atoms with E-state index >= 15 is 0 Å². The van der Waals surface area contributed by atoms with Crippen molar-refractivity contribution in [1.29, 1.82) is 0 Å². The van der Waals surface area contributed by atoms with Gasteiger partial charge in [-0.05, 0) is 13.3 Å². The minimum absolute atomic E-state index is 0. The van der Waals surface area contributed by atoms with Gasteiger partial charge in [0.25, 0.3) is 0 Å². The lowest BCUT2D eigenvalue weighted by atomic mass is 10.4. The predicted molar refractivity (Wildman–Crippen MR) is 49.6 cm³/mol. The van der Waals surface area contributed by atoms with Crippen molar-refractivity contribution < 1.29 is 18.5 Å². The first-order valence-electron chi connectivity index (χ1n) is 3.74. The number of halogens is 1. The quantitative estimate of drug-likeness (QED) is 0.549. The van der Waals surface area contributed by atoms with Crippen LogP contribution in [0.2, 0.25) is 0 Å². The Bertz CT molecular complexity index is 142. The molecular formula is C6H16ClO4P. The van der Waals surface area contributed by atoms with Crippen LogP contribution in [0.25, 0.3) is 0 Å². The van der Waals surface area contributed by atoms with Gasteiger partial charge in [-0.25, -0.2) is 4.57 Å². The molecule has 0 heterocycles. The lowest BCUT2D eigenvalue weighted by Crippen LogP contribution is -1.96. The maximum Gasteiger partial charge on any atom is 0.472 e. The molecule has 0 aliphatic heterocycles. The molecule has 12 heavy (non-hydrogen) atoms. The van der Waals surface area contributed by atoms with Crippen LogP contribution >= 0.6 is 20.2 Å². The number of phosphoric acid groups is 1. The van der Waals surface area contributed by atoms with Crippen molar-refractivity contribution in [2.24, 2.45) is 0 Å². The third kappa shape index (κ3) is 8.50. The monoisotopic (exact) mass is 218 g/mol. The highest BCUT2D eigenvalue weighted by atomic mass is 35.5. The van der Waals surface area contributed by atoms with Crippen LogP contribution in [0.5, 0.6) is 0 Å². The number of rotatable bonds is 6. The first-order chi connectivity index (χ1) is 5.12. The summed E-state index contributed by atoms with van der Waals surface area (Å²) in [6.45, 7) is 4.10. The average molecular weight is 219 g/mol. The van der Waals surface area contributed by atoms with E-state index in [0.717, 1.165) is 12.8 Å². The van der Waals surface area contributed by atoms with Crippen molar-refractivity contribution >= 4 is 20.2 Å². The van der Waals surface area contributed by atoms with E-state index in [0.29, 0.717) is 0 Å². The fraction of sp³-hybridized carbons (Fsp3) is 1.00. The lowest BCUT2D eigenvalue weighted by Gasteiger charge is -2.09. The molecule has 1 N–H and O–H groups in total. The van der Waals surface area contributed by atoms with Crippen LogP contribution in [-0.2, 0) is 13.6 Å². The molecule has 76 valence electrons. The van der Waals surface area contributed by atoms with Crippen molar-refractivity contribution in [1.82, 2.24) is 0 Å². The number of unbranched alkanes of at least 4 members (excludes halogenated alkanes) is 1. The zero-order valence-corrected chi connectivity index (χ0v) is 9.07. The number of hydrogen-bond acceptors (Lipinski definition) is 3. The smallest absolute Gasteiger partial charge is 0.302 e. The van der Waals surface area contributed by atoms with Crippen LogP contribution in [0.3, 0.4) is 0 Å². The molecule has 0 aromatic carbocycles. The number of hydrogen-bond donors (Lipinski definition) is 1. The van der Waals surface area contributed by atoms with Gasteiger partial charge in [-0.1, -0.05) is 13.3 Å². The fourth-order valence-corrected chi connectivity index (χ4v) is 1.29. The summed E-state index contributed by atoms with van der Waals surface area (Å²) in [5.41, 5.74) is 0. The Hall–Kier alpha value is 0.400. The van der Waals surface area contributed by atoms with E-state index in [4.69, 9.17) is 4.89 Å². The molecule has 0 bridgehead atoms. The Morgan fingerprint density at radius 2 is 1.92 bits per heavy atom. The Labute approximate surface area is 79.3 Å². The topological polar surface area (TPSA) is 55.8 Å². The van der Waals surface area contributed by atoms with Gasteiger partial charge in [-0.2, -0.15) is 0 Å². The number of phosphoric ester groups is 1. The molecule has 0 aliphatic rings. The van der Waals surface area contributed by atoms with E-state index in [9.17, 15) is 4.57 Å². The average Bonchev–Trinajstić information content (AvgIpc) is 1.87. The van der Waals surface area contributed by atoms with Crippen LogP contribution < -0.4 is 0 Å². The summed E-state index contributed by atoms with van der Waals surface area (Å²) in [6, 6.07) is 0. The van der Waals surface area contributed by atoms with Crippen molar-refractivity contribution in [3.8, 4) is 0 Å². The molecule has 1 atom stereocenters. The zero-order chi connectivity index (χ0) is 8.74. The molecule has 1 unspecified atom stereocenters. The molecule has 0 rings (SSSR count). The Morgan fingerprint density at radius 1 is 1.33 bits per heavy atom. The van der Waals surface area contributed by atoms with Crippen LogP contribution in [0.15, 0.2) is 0 Å². The van der Waals surface area contributed by atoms with Crippen molar-refractivity contribution in [3.05, 3.63) is 0 Å². The van der Waals surface area contributed by atoms with E-state index in [1.54, 1.807) is 6.92 Å². The first kappa shape index (κ1) is 14.9. The predicted octanol–water partition coefficient (Wildman–Crippen LogP) is 2.36. The van der Waals surface area contributed by atoms with Gasteiger partial charge in [0.1, 0.15) is 0 Å². The molecule has 0 aromatic heterocycles. The minimum Gasteiger partial charge on any atom is -0.302 e. The van der Waals surface area contributed by atoms with E-state index in [1.165, 1.54) is 0 Å². The first-order valence-corrected chi connectivity index (χ1v) is 5.23. The summed E-state index contributed by atoms with van der Waals surface area (Å²) in [5.74, 6) is 0. The van der Waals surface area contributed by atoms with Crippen LogP contribution in [0, 0.1) is 0 Å². The minimum atomic E-state index is -3.72. The van der Waals surface area contributed by atoms with Gasteiger partial charge in [0.2, 0.25) is 0 Å². The van der Waals surface area contributed by atoms with Crippen LogP contribution in [0.1, 0.15) is 26.7 Å². The molecule has 0 radical (unpaired) electrons. The summed E-state index contributed by atoms with van der Waals surface area (Å²) in [7, 11) is -3.72. The Kier molecular flexibility index (Phi) is 9.96. The van der Waals surface area contributed by atoms with Gasteiger partial charge in [0.05, 0.1) is 13.2 Å². The highest BCUT2D eigenvalue weighted by molar-refractivity contribution is 7.47. The largest absolute Gasteiger partial charge is 0.472 e. The molecule has 0 aliphatic carbocycles. The second-order valence-corrected chi connectivity index (χ2v) is 3.53. The molecule has 0 saturated heterocycles. The maximum atomic E-state index is 10.8. The normalized spacial score (nSPS) is 14.9. The Balaban J connectivity index is 0. The van der Waals surface area contributed by atoms with E-state index in [2.05, 4.69) is 9.05 Å². The van der Waals surface area contributed by atoms with Gasteiger partial charge >= 0.3 is 7.82 Å². The SMILES string of the molecule is CCCCOP(=O)(O)OCC.Cl. The van der Waals surface area contributed by atoms with Gasteiger partial charge in [-0.15, -0.1) is 12.4 Å². The lowest BCUT2D eigenvalue weighted by molar-refractivity contribution is 0.153. The molecule has 0 amide bonds. The van der Waals surface area contributed by atoms with Gasteiger partial charge in [0.15, 0.2) is 0 Å². The summed E-state index contributed by atoms with van der Waals surface area (Å²) >= 11 is 0. The van der Waals surface area contributed by atoms with Crippen LogP contribution in [0.4, 0.5) is 0 Å². The van der Waals surface area contributed by atoms with E-state index < -0.39 is 7.82 Å². The van der Waals surface area contributed by atoms with Gasteiger partial charge < -0.3 is 4.89 Å². The molecule has 0 aromatic rings. The van der Waals surface area contributed by atoms with E-state index in [1.807, 2.05) is 6.92 Å². The fourth-order valence-electron chi connectivity index (χ4n) is 0.525. The summed E-state index contributed by atoms with van der Waals surface area (Å²) in [4.78, 5) is 8.85. The molecule has 4 nitrogen and oxygen atoms in total. The standard InChI is InChI=1S/C6H15O4P.ClH/c1-3-5-6-10-11(7,8)9-4-2;/h3-6H2,1-2H3,(H,7,8);1H. The van der Waals surface area contributed by atoms with Crippen molar-refractivity contribution in [2.45, 2.75) is 26.7 Å². The molecule has 0 fully saturated rings. The van der Waals surface area contributed by atoms with Crippen molar-refractivity contribution in [3.63, 3.8) is 0 Å². The summed E-state index contributed by atoms with van der Waals surface area (Å²) in [6.07, 6.45) is 1.71. The van der Waals surface area contributed by atoms with Crippen LogP contribution in [-0.4, -0.2) is 18.1 Å². The zero-order valence-electron chi connectivity index (χ0n) is 7.36. The molecule has 0 saturated carbocycles. The van der Waals surface area contributed by atoms with Crippen molar-refractivity contribution in [2.75, 3.05) is 13.2 Å². The molecule has 6 heteroatoms. The van der Waals surface area contributed by atoms with E-state index in [-0.39, 0.29) is 25.6 Å². The van der Waals surface area contributed by atoms with Gasteiger partial charge in [-0.3, -0.25) is 9.05 Å². The molecule has 0 spiro atoms. The molecular weight excluding hydrogens is 202 g/mol. The summed E-state index contributed by atoms with van der Waals surface area (Å²) < 4.78 is 19.9. The third-order valence-electron chi connectivity index (χ3n) is 1.04. The Morgan fingerprint density at radius 3 is 2.33 bits per heavy atom. The highest BCUT2D eigenvalue weighted by Crippen LogP contribution is 2.42.